The van der Waals surface area contributed by atoms with Crippen LogP contribution in [0.2, 0.25) is 0 Å². The summed E-state index contributed by atoms with van der Waals surface area (Å²) in [6.07, 6.45) is 3.80. The molecule has 16 heavy (non-hydrogen) atoms. The lowest BCUT2D eigenvalue weighted by molar-refractivity contribution is 0.399. The van der Waals surface area contributed by atoms with Gasteiger partial charge in [-0.3, -0.25) is 0 Å². The molecular formula is C12H20N2O2. The number of nitrogens with zero attached hydrogens (tertiary/aromatic N) is 1. The SMILES string of the molecule is CO.Nc1ccc(N2CCCCC2)cc1O. The summed E-state index contributed by atoms with van der Waals surface area (Å²) in [5.41, 5.74) is 7.08. The summed E-state index contributed by atoms with van der Waals surface area (Å²) in [6, 6.07) is 5.49. The number of rotatable bonds is 1. The molecule has 0 spiro atoms. The zero-order chi connectivity index (χ0) is 12.0. The van der Waals surface area contributed by atoms with Gasteiger partial charge in [-0.25, -0.2) is 0 Å². The minimum Gasteiger partial charge on any atom is -0.506 e. The molecule has 0 radical (unpaired) electrons. The van der Waals surface area contributed by atoms with Gasteiger partial charge >= 0.3 is 0 Å². The highest BCUT2D eigenvalue weighted by atomic mass is 16.3. The van der Waals surface area contributed by atoms with Crippen molar-refractivity contribution in [1.29, 1.82) is 0 Å². The van der Waals surface area contributed by atoms with Crippen molar-refractivity contribution >= 4 is 11.4 Å². The lowest BCUT2D eigenvalue weighted by Crippen LogP contribution is -2.29. The summed E-state index contributed by atoms with van der Waals surface area (Å²) < 4.78 is 0. The van der Waals surface area contributed by atoms with E-state index in [2.05, 4.69) is 4.90 Å². The van der Waals surface area contributed by atoms with Gasteiger partial charge < -0.3 is 20.8 Å². The van der Waals surface area contributed by atoms with Crippen molar-refractivity contribution in [3.05, 3.63) is 18.2 Å². The third-order valence-corrected chi connectivity index (χ3v) is 2.74. The smallest absolute Gasteiger partial charge is 0.140 e. The van der Waals surface area contributed by atoms with E-state index in [1.165, 1.54) is 19.3 Å². The van der Waals surface area contributed by atoms with Crippen LogP contribution in [-0.4, -0.2) is 30.4 Å². The lowest BCUT2D eigenvalue weighted by atomic mass is 10.1. The van der Waals surface area contributed by atoms with Gasteiger partial charge in [-0.1, -0.05) is 0 Å². The van der Waals surface area contributed by atoms with Gasteiger partial charge in [0.25, 0.3) is 0 Å². The number of aromatic hydroxyl groups is 1. The number of phenolic OH excluding ortho intramolecular Hbond substituents is 1. The first-order valence-electron chi connectivity index (χ1n) is 5.55. The number of aliphatic hydroxyl groups excluding tert-OH is 1. The van der Waals surface area contributed by atoms with Gasteiger partial charge in [0.2, 0.25) is 0 Å². The number of benzene rings is 1. The molecule has 1 aromatic carbocycles. The standard InChI is InChI=1S/C11H16N2O.CH4O/c12-10-5-4-9(8-11(10)14)13-6-2-1-3-7-13;1-2/h4-5,8,14H,1-3,6-7,12H2;2H,1H3. The van der Waals surface area contributed by atoms with Crippen molar-refractivity contribution in [2.75, 3.05) is 30.8 Å². The first-order valence-corrected chi connectivity index (χ1v) is 5.55. The van der Waals surface area contributed by atoms with E-state index in [1.54, 1.807) is 12.1 Å². The second kappa shape index (κ2) is 6.23. The first-order chi connectivity index (χ1) is 7.77. The van der Waals surface area contributed by atoms with Crippen LogP contribution in [0.3, 0.4) is 0 Å². The maximum atomic E-state index is 9.48. The van der Waals surface area contributed by atoms with Crippen LogP contribution in [0.15, 0.2) is 18.2 Å². The Morgan fingerprint density at radius 1 is 1.12 bits per heavy atom. The molecule has 1 fully saturated rings. The van der Waals surface area contributed by atoms with Crippen LogP contribution in [0.4, 0.5) is 11.4 Å². The molecule has 1 aliphatic rings. The zero-order valence-corrected chi connectivity index (χ0v) is 9.69. The number of aliphatic hydroxyl groups is 1. The molecule has 1 aliphatic heterocycles. The highest BCUT2D eigenvalue weighted by molar-refractivity contribution is 5.61. The van der Waals surface area contributed by atoms with Gasteiger partial charge in [0, 0.05) is 32.0 Å². The van der Waals surface area contributed by atoms with Gasteiger partial charge in [-0.15, -0.1) is 0 Å². The number of hydrogen-bond acceptors (Lipinski definition) is 4. The van der Waals surface area contributed by atoms with Crippen LogP contribution in [0.25, 0.3) is 0 Å². The van der Waals surface area contributed by atoms with Crippen molar-refractivity contribution in [2.45, 2.75) is 19.3 Å². The lowest BCUT2D eigenvalue weighted by Gasteiger charge is -2.28. The molecule has 2 rings (SSSR count). The molecule has 0 amide bonds. The molecule has 1 aromatic rings. The zero-order valence-electron chi connectivity index (χ0n) is 9.69. The van der Waals surface area contributed by atoms with Crippen molar-refractivity contribution in [3.63, 3.8) is 0 Å². The van der Waals surface area contributed by atoms with Crippen LogP contribution in [0, 0.1) is 0 Å². The summed E-state index contributed by atoms with van der Waals surface area (Å²) >= 11 is 0. The topological polar surface area (TPSA) is 69.7 Å². The van der Waals surface area contributed by atoms with Crippen molar-refractivity contribution in [3.8, 4) is 5.75 Å². The second-order valence-electron chi connectivity index (χ2n) is 3.79. The first kappa shape index (κ1) is 12.6. The second-order valence-corrected chi connectivity index (χ2v) is 3.79. The van der Waals surface area contributed by atoms with Crippen molar-refractivity contribution < 1.29 is 10.2 Å². The summed E-state index contributed by atoms with van der Waals surface area (Å²) in [4.78, 5) is 2.29. The molecule has 4 heteroatoms. The van der Waals surface area contributed by atoms with E-state index in [4.69, 9.17) is 10.8 Å². The van der Waals surface area contributed by atoms with Crippen LogP contribution < -0.4 is 10.6 Å². The van der Waals surface area contributed by atoms with Crippen molar-refractivity contribution in [1.82, 2.24) is 0 Å². The maximum Gasteiger partial charge on any atom is 0.140 e. The van der Waals surface area contributed by atoms with Gasteiger partial charge in [0.15, 0.2) is 0 Å². The number of hydrogen-bond donors (Lipinski definition) is 3. The van der Waals surface area contributed by atoms with Crippen LogP contribution in [0.1, 0.15) is 19.3 Å². The highest BCUT2D eigenvalue weighted by Crippen LogP contribution is 2.27. The maximum absolute atomic E-state index is 9.48. The van der Waals surface area contributed by atoms with Gasteiger partial charge in [0.05, 0.1) is 5.69 Å². The molecule has 4 N–H and O–H groups in total. The third kappa shape index (κ3) is 3.03. The molecule has 90 valence electrons. The molecule has 1 saturated heterocycles. The van der Waals surface area contributed by atoms with Gasteiger partial charge in [-0.05, 0) is 31.4 Å². The predicted molar refractivity (Wildman–Crippen MR) is 66.7 cm³/mol. The number of nitrogen functional groups attached to an aromatic ring is 1. The van der Waals surface area contributed by atoms with Crippen LogP contribution in [0.5, 0.6) is 5.75 Å². The van der Waals surface area contributed by atoms with Crippen LogP contribution >= 0.6 is 0 Å². The highest BCUT2D eigenvalue weighted by Gasteiger charge is 2.11. The van der Waals surface area contributed by atoms with E-state index < -0.39 is 0 Å². The molecule has 0 atom stereocenters. The molecular weight excluding hydrogens is 204 g/mol. The minimum atomic E-state index is 0.188. The average Bonchev–Trinajstić information content (AvgIpc) is 2.36. The minimum absolute atomic E-state index is 0.188. The fourth-order valence-electron chi connectivity index (χ4n) is 1.88. The fourth-order valence-corrected chi connectivity index (χ4v) is 1.88. The summed E-state index contributed by atoms with van der Waals surface area (Å²) in [5, 5.41) is 16.5. The Labute approximate surface area is 96.3 Å². The Balaban J connectivity index is 0.000000606. The Morgan fingerprint density at radius 2 is 1.75 bits per heavy atom. The normalized spacial score (nSPS) is 15.2. The van der Waals surface area contributed by atoms with Crippen molar-refractivity contribution in [2.24, 2.45) is 0 Å². The van der Waals surface area contributed by atoms with E-state index in [0.717, 1.165) is 25.9 Å². The summed E-state index contributed by atoms with van der Waals surface area (Å²) in [7, 11) is 1.00. The van der Waals surface area contributed by atoms with E-state index >= 15 is 0 Å². The summed E-state index contributed by atoms with van der Waals surface area (Å²) in [5.74, 6) is 0.188. The molecule has 4 nitrogen and oxygen atoms in total. The molecule has 0 aliphatic carbocycles. The molecule has 0 unspecified atom stereocenters. The number of anilines is 2. The van der Waals surface area contributed by atoms with E-state index in [-0.39, 0.29) is 5.75 Å². The van der Waals surface area contributed by atoms with Crippen LogP contribution in [-0.2, 0) is 0 Å². The Bertz CT molecular complexity index is 323. The number of phenols is 1. The monoisotopic (exact) mass is 224 g/mol. The number of nitrogens with two attached hydrogens (primary N) is 1. The summed E-state index contributed by atoms with van der Waals surface area (Å²) in [6.45, 7) is 2.17. The predicted octanol–water partition coefficient (Wildman–Crippen LogP) is 1.57. The Kier molecular flexibility index (Phi) is 4.92. The molecule has 0 aromatic heterocycles. The fraction of sp³-hybridized carbons (Fsp3) is 0.500. The molecule has 0 saturated carbocycles. The van der Waals surface area contributed by atoms with E-state index in [1.807, 2.05) is 6.07 Å². The van der Waals surface area contributed by atoms with E-state index in [9.17, 15) is 5.11 Å². The quantitative estimate of drug-likeness (QED) is 0.500. The number of piperidine rings is 1. The van der Waals surface area contributed by atoms with Gasteiger partial charge in [-0.2, -0.15) is 0 Å². The Morgan fingerprint density at radius 3 is 2.31 bits per heavy atom. The molecule has 1 heterocycles. The molecule has 0 bridgehead atoms. The Hall–Kier alpha value is -1.42. The third-order valence-electron chi connectivity index (χ3n) is 2.74. The van der Waals surface area contributed by atoms with Gasteiger partial charge in [0.1, 0.15) is 5.75 Å². The largest absolute Gasteiger partial charge is 0.506 e. The van der Waals surface area contributed by atoms with E-state index in [0.29, 0.717) is 5.69 Å². The average molecular weight is 224 g/mol.